The van der Waals surface area contributed by atoms with Crippen LogP contribution in [-0.4, -0.2) is 38.4 Å². The molecule has 0 amide bonds. The zero-order chi connectivity index (χ0) is 16.1. The van der Waals surface area contributed by atoms with Gasteiger partial charge in [-0.1, -0.05) is 40.5 Å². The first-order chi connectivity index (χ1) is 9.99. The molecule has 0 aromatic rings. The molecule has 0 saturated carbocycles. The molecule has 0 heterocycles. The lowest BCUT2D eigenvalue weighted by Gasteiger charge is -2.12. The van der Waals surface area contributed by atoms with Crippen molar-refractivity contribution in [2.24, 2.45) is 11.8 Å². The lowest BCUT2D eigenvalue weighted by atomic mass is 10.1. The van der Waals surface area contributed by atoms with Crippen LogP contribution < -0.4 is 0 Å². The Labute approximate surface area is 128 Å². The molecule has 0 saturated heterocycles. The first kappa shape index (κ1) is 19.9. The second kappa shape index (κ2) is 12.6. The van der Waals surface area contributed by atoms with Crippen LogP contribution in [0, 0.1) is 11.8 Å². The number of rotatable bonds is 12. The smallest absolute Gasteiger partial charge is 0.332 e. The van der Waals surface area contributed by atoms with Crippen molar-refractivity contribution in [3.05, 3.63) is 0 Å². The molecule has 2 atom stereocenters. The minimum absolute atomic E-state index is 0.210. The van der Waals surface area contributed by atoms with Gasteiger partial charge in [0.2, 0.25) is 0 Å². The highest BCUT2D eigenvalue weighted by molar-refractivity contribution is 5.73. The minimum atomic E-state index is -0.440. The summed E-state index contributed by atoms with van der Waals surface area (Å²) in [7, 11) is 0. The standard InChI is InChI=1S/C16H30O5/c1-5-7-13(3)9-20-15(17)11-19-12-16(18)21-10-14(4)8-6-2/h13-14H,5-12H2,1-4H3. The third-order valence-corrected chi connectivity index (χ3v) is 3.06. The first-order valence-corrected chi connectivity index (χ1v) is 7.88. The van der Waals surface area contributed by atoms with E-state index in [2.05, 4.69) is 13.8 Å². The molecule has 0 fully saturated rings. The Bertz CT molecular complexity index is 262. The number of esters is 2. The third kappa shape index (κ3) is 12.4. The first-order valence-electron chi connectivity index (χ1n) is 7.88. The van der Waals surface area contributed by atoms with Gasteiger partial charge in [-0.15, -0.1) is 0 Å². The van der Waals surface area contributed by atoms with Gasteiger partial charge in [0.25, 0.3) is 0 Å². The van der Waals surface area contributed by atoms with Crippen LogP contribution in [0.15, 0.2) is 0 Å². The van der Waals surface area contributed by atoms with Crippen LogP contribution in [0.1, 0.15) is 53.4 Å². The third-order valence-electron chi connectivity index (χ3n) is 3.06. The number of hydrogen-bond acceptors (Lipinski definition) is 5. The molecule has 0 rings (SSSR count). The van der Waals surface area contributed by atoms with Crippen LogP contribution in [-0.2, 0) is 23.8 Å². The highest BCUT2D eigenvalue weighted by Crippen LogP contribution is 2.06. The molecule has 0 aromatic carbocycles. The lowest BCUT2D eigenvalue weighted by Crippen LogP contribution is -2.21. The van der Waals surface area contributed by atoms with Crippen molar-refractivity contribution in [1.29, 1.82) is 0 Å². The monoisotopic (exact) mass is 302 g/mol. The number of carbonyl (C=O) groups is 2. The van der Waals surface area contributed by atoms with Crippen LogP contribution in [0.4, 0.5) is 0 Å². The Morgan fingerprint density at radius 1 is 0.810 bits per heavy atom. The van der Waals surface area contributed by atoms with Crippen molar-refractivity contribution >= 4 is 11.9 Å². The quantitative estimate of drug-likeness (QED) is 0.519. The van der Waals surface area contributed by atoms with E-state index in [9.17, 15) is 9.59 Å². The average Bonchev–Trinajstić information content (AvgIpc) is 2.43. The summed E-state index contributed by atoms with van der Waals surface area (Å²) in [5, 5.41) is 0. The Kier molecular flexibility index (Phi) is 12.0. The predicted molar refractivity (Wildman–Crippen MR) is 80.9 cm³/mol. The maximum atomic E-state index is 11.4. The lowest BCUT2D eigenvalue weighted by molar-refractivity contribution is -0.156. The molecule has 0 spiro atoms. The average molecular weight is 302 g/mol. The molecule has 0 aromatic heterocycles. The number of ether oxygens (including phenoxy) is 3. The van der Waals surface area contributed by atoms with Gasteiger partial charge in [0.1, 0.15) is 13.2 Å². The maximum absolute atomic E-state index is 11.4. The zero-order valence-corrected chi connectivity index (χ0v) is 13.9. The fraction of sp³-hybridized carbons (Fsp3) is 0.875. The Morgan fingerprint density at radius 2 is 1.19 bits per heavy atom. The fourth-order valence-corrected chi connectivity index (χ4v) is 1.92. The van der Waals surface area contributed by atoms with E-state index in [0.717, 1.165) is 25.7 Å². The summed E-state index contributed by atoms with van der Waals surface area (Å²) in [6.45, 7) is 8.63. The van der Waals surface area contributed by atoms with Gasteiger partial charge in [-0.2, -0.15) is 0 Å². The molecule has 2 unspecified atom stereocenters. The van der Waals surface area contributed by atoms with Crippen LogP contribution in [0.3, 0.4) is 0 Å². The normalized spacial score (nSPS) is 13.5. The van der Waals surface area contributed by atoms with Gasteiger partial charge in [-0.05, 0) is 24.7 Å². The number of carbonyl (C=O) groups excluding carboxylic acids is 2. The van der Waals surface area contributed by atoms with Gasteiger partial charge in [0, 0.05) is 0 Å². The van der Waals surface area contributed by atoms with Crippen molar-refractivity contribution in [2.45, 2.75) is 53.4 Å². The minimum Gasteiger partial charge on any atom is -0.464 e. The second-order valence-corrected chi connectivity index (χ2v) is 5.65. The fourth-order valence-electron chi connectivity index (χ4n) is 1.92. The van der Waals surface area contributed by atoms with E-state index in [1.54, 1.807) is 0 Å². The summed E-state index contributed by atoms with van der Waals surface area (Å²) in [4.78, 5) is 22.8. The highest BCUT2D eigenvalue weighted by atomic mass is 16.6. The molecule has 0 bridgehead atoms. The van der Waals surface area contributed by atoms with Gasteiger partial charge >= 0.3 is 11.9 Å². The molecule has 124 valence electrons. The summed E-state index contributed by atoms with van der Waals surface area (Å²) in [5.74, 6) is -0.178. The molecule has 0 aliphatic rings. The van der Waals surface area contributed by atoms with Gasteiger partial charge in [-0.3, -0.25) is 0 Å². The maximum Gasteiger partial charge on any atom is 0.332 e. The molecule has 5 nitrogen and oxygen atoms in total. The molecular weight excluding hydrogens is 272 g/mol. The van der Waals surface area contributed by atoms with E-state index in [-0.39, 0.29) is 13.2 Å². The summed E-state index contributed by atoms with van der Waals surface area (Å²) in [6, 6.07) is 0. The van der Waals surface area contributed by atoms with Crippen molar-refractivity contribution in [2.75, 3.05) is 26.4 Å². The summed E-state index contributed by atoms with van der Waals surface area (Å²) < 4.78 is 15.1. The Balaban J connectivity index is 3.59. The van der Waals surface area contributed by atoms with Crippen molar-refractivity contribution in [1.82, 2.24) is 0 Å². The Morgan fingerprint density at radius 3 is 1.52 bits per heavy atom. The topological polar surface area (TPSA) is 61.8 Å². The van der Waals surface area contributed by atoms with Crippen LogP contribution in [0.2, 0.25) is 0 Å². The van der Waals surface area contributed by atoms with E-state index < -0.39 is 11.9 Å². The molecule has 0 aliphatic carbocycles. The van der Waals surface area contributed by atoms with Crippen LogP contribution in [0.25, 0.3) is 0 Å². The van der Waals surface area contributed by atoms with Crippen LogP contribution in [0.5, 0.6) is 0 Å². The number of hydrogen-bond donors (Lipinski definition) is 0. The molecule has 0 radical (unpaired) electrons. The van der Waals surface area contributed by atoms with E-state index in [1.807, 2.05) is 13.8 Å². The van der Waals surface area contributed by atoms with E-state index in [0.29, 0.717) is 25.0 Å². The van der Waals surface area contributed by atoms with Crippen LogP contribution >= 0.6 is 0 Å². The largest absolute Gasteiger partial charge is 0.464 e. The van der Waals surface area contributed by atoms with Crippen molar-refractivity contribution in [3.63, 3.8) is 0 Å². The SMILES string of the molecule is CCCC(C)COC(=O)COCC(=O)OCC(C)CCC. The van der Waals surface area contributed by atoms with Gasteiger partial charge < -0.3 is 14.2 Å². The molecule has 0 N–H and O–H groups in total. The van der Waals surface area contributed by atoms with Gasteiger partial charge in [0.15, 0.2) is 0 Å². The molecule has 5 heteroatoms. The second-order valence-electron chi connectivity index (χ2n) is 5.65. The van der Waals surface area contributed by atoms with E-state index >= 15 is 0 Å². The predicted octanol–water partition coefficient (Wildman–Crippen LogP) is 2.96. The summed E-state index contributed by atoms with van der Waals surface area (Å²) in [6.07, 6.45) is 4.18. The van der Waals surface area contributed by atoms with Crippen molar-refractivity contribution < 1.29 is 23.8 Å². The zero-order valence-electron chi connectivity index (χ0n) is 13.9. The van der Waals surface area contributed by atoms with E-state index in [4.69, 9.17) is 14.2 Å². The molecule has 0 aliphatic heterocycles. The van der Waals surface area contributed by atoms with Gasteiger partial charge in [0.05, 0.1) is 13.2 Å². The molecule has 21 heavy (non-hydrogen) atoms. The summed E-state index contributed by atoms with van der Waals surface area (Å²) in [5.41, 5.74) is 0. The van der Waals surface area contributed by atoms with Crippen molar-refractivity contribution in [3.8, 4) is 0 Å². The summed E-state index contributed by atoms with van der Waals surface area (Å²) >= 11 is 0. The van der Waals surface area contributed by atoms with E-state index in [1.165, 1.54) is 0 Å². The van der Waals surface area contributed by atoms with Gasteiger partial charge in [-0.25, -0.2) is 9.59 Å². The highest BCUT2D eigenvalue weighted by Gasteiger charge is 2.10. The Hall–Kier alpha value is -1.10. The molecular formula is C16H30O5.